The first kappa shape index (κ1) is 14.1. The first-order valence-corrected chi connectivity index (χ1v) is 7.15. The van der Waals surface area contributed by atoms with E-state index >= 15 is 0 Å². The second-order valence-electron chi connectivity index (χ2n) is 5.17. The van der Waals surface area contributed by atoms with E-state index in [1.54, 1.807) is 11.1 Å². The van der Waals surface area contributed by atoms with Crippen LogP contribution in [-0.2, 0) is 13.1 Å². The Morgan fingerprint density at radius 1 is 0.955 bits per heavy atom. The van der Waals surface area contributed by atoms with Crippen LogP contribution in [0.5, 0.6) is 0 Å². The summed E-state index contributed by atoms with van der Waals surface area (Å²) in [4.78, 5) is 17.8. The molecule has 2 aromatic carbocycles. The van der Waals surface area contributed by atoms with Gasteiger partial charge in [0.25, 0.3) is 0 Å². The molecule has 110 valence electrons. The fourth-order valence-corrected chi connectivity index (χ4v) is 2.51. The quantitative estimate of drug-likeness (QED) is 0.801. The molecule has 0 radical (unpaired) electrons. The predicted molar refractivity (Wildman–Crippen MR) is 87.0 cm³/mol. The third-order valence-electron chi connectivity index (χ3n) is 3.63. The highest BCUT2D eigenvalue weighted by Gasteiger charge is 2.13. The van der Waals surface area contributed by atoms with E-state index in [1.165, 1.54) is 0 Å². The van der Waals surface area contributed by atoms with Crippen LogP contribution in [0, 0.1) is 0 Å². The number of carbonyl (C=O) groups is 1. The Hall–Kier alpha value is -2.88. The van der Waals surface area contributed by atoms with Crippen molar-refractivity contribution in [3.8, 4) is 0 Å². The second kappa shape index (κ2) is 6.26. The van der Waals surface area contributed by atoms with Gasteiger partial charge in [-0.15, -0.1) is 0 Å². The van der Waals surface area contributed by atoms with Crippen LogP contribution in [0.1, 0.15) is 11.1 Å². The highest BCUT2D eigenvalue weighted by Crippen LogP contribution is 2.19. The van der Waals surface area contributed by atoms with Crippen LogP contribution in [0.4, 0.5) is 4.79 Å². The van der Waals surface area contributed by atoms with E-state index < -0.39 is 6.03 Å². The van der Waals surface area contributed by atoms with Gasteiger partial charge in [-0.25, -0.2) is 4.79 Å². The number of pyridine rings is 1. The predicted octanol–water partition coefficient (Wildman–Crippen LogP) is 3.32. The minimum absolute atomic E-state index is 0.426. The van der Waals surface area contributed by atoms with Crippen molar-refractivity contribution in [1.29, 1.82) is 0 Å². The van der Waals surface area contributed by atoms with Crippen LogP contribution in [-0.4, -0.2) is 15.9 Å². The fourth-order valence-electron chi connectivity index (χ4n) is 2.51. The van der Waals surface area contributed by atoms with Gasteiger partial charge in [-0.3, -0.25) is 4.98 Å². The number of urea groups is 1. The summed E-state index contributed by atoms with van der Waals surface area (Å²) >= 11 is 0. The zero-order valence-electron chi connectivity index (χ0n) is 12.1. The van der Waals surface area contributed by atoms with Crippen molar-refractivity contribution in [2.45, 2.75) is 13.1 Å². The molecular formula is C18H17N3O. The molecule has 0 aliphatic carbocycles. The molecule has 4 heteroatoms. The number of primary amides is 1. The lowest BCUT2D eigenvalue weighted by molar-refractivity contribution is 0.202. The number of rotatable bonds is 4. The van der Waals surface area contributed by atoms with Gasteiger partial charge in [0.2, 0.25) is 0 Å². The molecule has 0 bridgehead atoms. The van der Waals surface area contributed by atoms with Crippen LogP contribution >= 0.6 is 0 Å². The standard InChI is InChI=1S/C18H17N3O/c19-18(22)21(12-14-6-2-1-3-7-14)13-15-10-11-20-17-9-5-4-8-16(15)17/h1-11H,12-13H2,(H2,19,22). The van der Waals surface area contributed by atoms with Crippen molar-refractivity contribution in [2.24, 2.45) is 5.73 Å². The number of fused-ring (bicyclic) bond motifs is 1. The molecule has 2 amide bonds. The van der Waals surface area contributed by atoms with E-state index in [-0.39, 0.29) is 0 Å². The van der Waals surface area contributed by atoms with Crippen molar-refractivity contribution in [1.82, 2.24) is 9.88 Å². The number of nitrogens with two attached hydrogens (primary N) is 1. The van der Waals surface area contributed by atoms with Crippen LogP contribution in [0.25, 0.3) is 10.9 Å². The molecular weight excluding hydrogens is 274 g/mol. The number of hydrogen-bond donors (Lipinski definition) is 1. The van der Waals surface area contributed by atoms with E-state index in [0.29, 0.717) is 13.1 Å². The number of amides is 2. The summed E-state index contributed by atoms with van der Waals surface area (Å²) in [6.07, 6.45) is 1.76. The molecule has 0 fully saturated rings. The van der Waals surface area contributed by atoms with Gasteiger partial charge in [-0.1, -0.05) is 48.5 Å². The molecule has 0 spiro atoms. The maximum absolute atomic E-state index is 11.8. The summed E-state index contributed by atoms with van der Waals surface area (Å²) < 4.78 is 0. The maximum atomic E-state index is 11.8. The number of aromatic nitrogens is 1. The van der Waals surface area contributed by atoms with E-state index in [9.17, 15) is 4.79 Å². The minimum Gasteiger partial charge on any atom is -0.351 e. The monoisotopic (exact) mass is 291 g/mol. The zero-order valence-corrected chi connectivity index (χ0v) is 12.1. The first-order valence-electron chi connectivity index (χ1n) is 7.15. The van der Waals surface area contributed by atoms with Crippen molar-refractivity contribution in [3.63, 3.8) is 0 Å². The van der Waals surface area contributed by atoms with Gasteiger partial charge in [-0.05, 0) is 23.3 Å². The summed E-state index contributed by atoms with van der Waals surface area (Å²) in [7, 11) is 0. The lowest BCUT2D eigenvalue weighted by Gasteiger charge is -2.21. The second-order valence-corrected chi connectivity index (χ2v) is 5.17. The van der Waals surface area contributed by atoms with E-state index in [4.69, 9.17) is 5.73 Å². The van der Waals surface area contributed by atoms with Crippen LogP contribution in [0.3, 0.4) is 0 Å². The molecule has 0 aliphatic rings. The Kier molecular flexibility index (Phi) is 4.01. The van der Waals surface area contributed by atoms with Crippen LogP contribution < -0.4 is 5.73 Å². The van der Waals surface area contributed by atoms with Gasteiger partial charge in [0.1, 0.15) is 0 Å². The Morgan fingerprint density at radius 2 is 1.68 bits per heavy atom. The molecule has 22 heavy (non-hydrogen) atoms. The van der Waals surface area contributed by atoms with E-state index in [0.717, 1.165) is 22.0 Å². The van der Waals surface area contributed by atoms with Crippen LogP contribution in [0.15, 0.2) is 66.9 Å². The summed E-state index contributed by atoms with van der Waals surface area (Å²) in [5, 5.41) is 1.05. The zero-order chi connectivity index (χ0) is 15.4. The van der Waals surface area contributed by atoms with Gasteiger partial charge in [-0.2, -0.15) is 0 Å². The molecule has 4 nitrogen and oxygen atoms in total. The third-order valence-corrected chi connectivity index (χ3v) is 3.63. The molecule has 3 rings (SSSR count). The molecule has 0 atom stereocenters. The summed E-state index contributed by atoms with van der Waals surface area (Å²) in [6.45, 7) is 0.958. The van der Waals surface area contributed by atoms with Gasteiger partial charge in [0.05, 0.1) is 5.52 Å². The maximum Gasteiger partial charge on any atom is 0.315 e. The lowest BCUT2D eigenvalue weighted by atomic mass is 10.1. The van der Waals surface area contributed by atoms with Crippen LogP contribution in [0.2, 0.25) is 0 Å². The molecule has 0 aliphatic heterocycles. The number of para-hydroxylation sites is 1. The number of nitrogens with zero attached hydrogens (tertiary/aromatic N) is 2. The van der Waals surface area contributed by atoms with E-state index in [1.807, 2.05) is 60.7 Å². The molecule has 3 aromatic rings. The minimum atomic E-state index is -0.426. The fraction of sp³-hybridized carbons (Fsp3) is 0.111. The average Bonchev–Trinajstić information content (AvgIpc) is 2.55. The number of hydrogen-bond acceptors (Lipinski definition) is 2. The van der Waals surface area contributed by atoms with Crippen molar-refractivity contribution < 1.29 is 4.79 Å². The summed E-state index contributed by atoms with van der Waals surface area (Å²) in [6, 6.07) is 19.2. The normalized spacial score (nSPS) is 10.5. The number of carbonyl (C=O) groups excluding carboxylic acids is 1. The lowest BCUT2D eigenvalue weighted by Crippen LogP contribution is -2.34. The Labute approximate surface area is 129 Å². The summed E-state index contributed by atoms with van der Waals surface area (Å²) in [5.74, 6) is 0. The highest BCUT2D eigenvalue weighted by atomic mass is 16.2. The average molecular weight is 291 g/mol. The molecule has 0 unspecified atom stereocenters. The SMILES string of the molecule is NC(=O)N(Cc1ccccc1)Cc1ccnc2ccccc12. The molecule has 0 saturated heterocycles. The third kappa shape index (κ3) is 3.06. The van der Waals surface area contributed by atoms with Gasteiger partial charge >= 0.3 is 6.03 Å². The molecule has 1 heterocycles. The molecule has 1 aromatic heterocycles. The van der Waals surface area contributed by atoms with E-state index in [2.05, 4.69) is 4.98 Å². The largest absolute Gasteiger partial charge is 0.351 e. The topological polar surface area (TPSA) is 59.2 Å². The summed E-state index contributed by atoms with van der Waals surface area (Å²) in [5.41, 5.74) is 8.57. The van der Waals surface area contributed by atoms with Gasteiger partial charge in [0.15, 0.2) is 0 Å². The molecule has 2 N–H and O–H groups in total. The Bertz CT molecular complexity index is 781. The first-order chi connectivity index (χ1) is 10.7. The van der Waals surface area contributed by atoms with Gasteiger partial charge < -0.3 is 10.6 Å². The number of benzene rings is 2. The Balaban J connectivity index is 1.88. The Morgan fingerprint density at radius 3 is 2.45 bits per heavy atom. The highest BCUT2D eigenvalue weighted by molar-refractivity contribution is 5.82. The van der Waals surface area contributed by atoms with Crippen molar-refractivity contribution >= 4 is 16.9 Å². The van der Waals surface area contributed by atoms with Crippen molar-refractivity contribution in [3.05, 3.63) is 78.0 Å². The van der Waals surface area contributed by atoms with Crippen molar-refractivity contribution in [2.75, 3.05) is 0 Å². The van der Waals surface area contributed by atoms with Gasteiger partial charge in [0, 0.05) is 24.7 Å². The molecule has 0 saturated carbocycles. The smallest absolute Gasteiger partial charge is 0.315 e.